The van der Waals surface area contributed by atoms with Crippen LogP contribution < -0.4 is 4.72 Å². The quantitative estimate of drug-likeness (QED) is 0.615. The molecule has 12 heteroatoms. The second-order valence-corrected chi connectivity index (χ2v) is 11.3. The highest BCUT2D eigenvalue weighted by Gasteiger charge is 2.60. The van der Waals surface area contributed by atoms with Crippen molar-refractivity contribution in [2.24, 2.45) is 5.92 Å². The molecule has 32 heavy (non-hydrogen) atoms. The molecular weight excluding hydrogens is 441 g/mol. The van der Waals surface area contributed by atoms with Crippen molar-refractivity contribution in [1.82, 2.24) is 23.9 Å². The van der Waals surface area contributed by atoms with Gasteiger partial charge in [0.2, 0.25) is 0 Å². The van der Waals surface area contributed by atoms with E-state index in [1.54, 1.807) is 6.92 Å². The number of amides is 1. The number of hydrogen-bond donors (Lipinski definition) is 2. The van der Waals surface area contributed by atoms with Crippen LogP contribution in [0.3, 0.4) is 0 Å². The molecular formula is C20H30FN5O5S. The molecule has 0 aromatic carbocycles. The van der Waals surface area contributed by atoms with Gasteiger partial charge in [0, 0.05) is 31.6 Å². The molecule has 3 fully saturated rings. The van der Waals surface area contributed by atoms with Crippen molar-refractivity contribution < 1.29 is 27.4 Å². The predicted molar refractivity (Wildman–Crippen MR) is 113 cm³/mol. The van der Waals surface area contributed by atoms with E-state index in [2.05, 4.69) is 14.7 Å². The summed E-state index contributed by atoms with van der Waals surface area (Å²) < 4.78 is 47.7. The minimum Gasteiger partial charge on any atom is -0.465 e. The molecule has 6 atom stereocenters. The SMILES string of the molecule is C[C@@H]1C[C@H](NS(=O)(=O)N(C)C)[C@H](CO[C@@H]2CC[C@]3(c4ncc(F)cn4)C[C@@H]3C2)N1C(=O)O. The summed E-state index contributed by atoms with van der Waals surface area (Å²) in [5, 5.41) is 9.69. The van der Waals surface area contributed by atoms with Crippen molar-refractivity contribution in [3.63, 3.8) is 0 Å². The van der Waals surface area contributed by atoms with Gasteiger partial charge >= 0.3 is 6.09 Å². The first-order valence-corrected chi connectivity index (χ1v) is 12.3. The van der Waals surface area contributed by atoms with Crippen LogP contribution in [0.4, 0.5) is 9.18 Å². The Hall–Kier alpha value is -1.89. The summed E-state index contributed by atoms with van der Waals surface area (Å²) >= 11 is 0. The Kier molecular flexibility index (Phi) is 6.16. The number of hydrogen-bond acceptors (Lipinski definition) is 6. The summed E-state index contributed by atoms with van der Waals surface area (Å²) in [7, 11) is -0.854. The van der Waals surface area contributed by atoms with Gasteiger partial charge in [-0.25, -0.2) is 19.2 Å². The summed E-state index contributed by atoms with van der Waals surface area (Å²) in [4.78, 5) is 21.5. The van der Waals surface area contributed by atoms with Crippen molar-refractivity contribution in [1.29, 1.82) is 0 Å². The lowest BCUT2D eigenvalue weighted by atomic mass is 9.86. The first kappa shape index (κ1) is 23.3. The summed E-state index contributed by atoms with van der Waals surface area (Å²) in [6, 6.07) is -1.50. The molecule has 1 aromatic heterocycles. The van der Waals surface area contributed by atoms with Crippen molar-refractivity contribution in [2.45, 2.75) is 68.7 Å². The number of aromatic nitrogens is 2. The van der Waals surface area contributed by atoms with E-state index in [1.165, 1.54) is 31.4 Å². The summed E-state index contributed by atoms with van der Waals surface area (Å²) in [6.07, 6.45) is 4.97. The predicted octanol–water partition coefficient (Wildman–Crippen LogP) is 1.35. The maximum Gasteiger partial charge on any atom is 0.407 e. The largest absolute Gasteiger partial charge is 0.465 e. The second kappa shape index (κ2) is 8.47. The van der Waals surface area contributed by atoms with Gasteiger partial charge in [-0.1, -0.05) is 0 Å². The third-order valence-corrected chi connectivity index (χ3v) is 8.72. The van der Waals surface area contributed by atoms with Crippen LogP contribution in [-0.2, 0) is 20.4 Å². The fourth-order valence-corrected chi connectivity index (χ4v) is 6.15. The topological polar surface area (TPSA) is 125 Å². The Labute approximate surface area is 187 Å². The van der Waals surface area contributed by atoms with Gasteiger partial charge in [0.15, 0.2) is 5.82 Å². The smallest absolute Gasteiger partial charge is 0.407 e. The van der Waals surface area contributed by atoms with Crippen LogP contribution in [0.15, 0.2) is 12.4 Å². The fraction of sp³-hybridized carbons (Fsp3) is 0.750. The Bertz CT molecular complexity index is 962. The van der Waals surface area contributed by atoms with Crippen LogP contribution >= 0.6 is 0 Å². The number of ether oxygens (including phenoxy) is 1. The minimum absolute atomic E-state index is 0.0475. The lowest BCUT2D eigenvalue weighted by Gasteiger charge is -2.32. The highest BCUT2D eigenvalue weighted by atomic mass is 32.2. The molecule has 1 saturated heterocycles. The van der Waals surface area contributed by atoms with Crippen LogP contribution in [0, 0.1) is 11.7 Å². The van der Waals surface area contributed by atoms with Gasteiger partial charge in [0.1, 0.15) is 5.82 Å². The van der Waals surface area contributed by atoms with E-state index in [9.17, 15) is 22.7 Å². The van der Waals surface area contributed by atoms with E-state index < -0.39 is 34.2 Å². The molecule has 0 radical (unpaired) electrons. The summed E-state index contributed by atoms with van der Waals surface area (Å²) in [6.45, 7) is 1.89. The Morgan fingerprint density at radius 2 is 2.06 bits per heavy atom. The van der Waals surface area contributed by atoms with E-state index in [1.807, 2.05) is 0 Å². The van der Waals surface area contributed by atoms with Crippen LogP contribution in [0.1, 0.15) is 44.9 Å². The minimum atomic E-state index is -3.71. The van der Waals surface area contributed by atoms with Crippen LogP contribution in [0.2, 0.25) is 0 Å². The van der Waals surface area contributed by atoms with Gasteiger partial charge < -0.3 is 9.84 Å². The van der Waals surface area contributed by atoms with Crippen LogP contribution in [-0.4, -0.2) is 83.7 Å². The molecule has 3 aliphatic rings. The number of nitrogens with zero attached hydrogens (tertiary/aromatic N) is 4. The van der Waals surface area contributed by atoms with E-state index in [-0.39, 0.29) is 24.2 Å². The Balaban J connectivity index is 1.39. The van der Waals surface area contributed by atoms with Crippen molar-refractivity contribution in [2.75, 3.05) is 20.7 Å². The molecule has 1 aliphatic heterocycles. The average molecular weight is 472 g/mol. The molecule has 2 heterocycles. The Morgan fingerprint density at radius 1 is 1.38 bits per heavy atom. The molecule has 2 N–H and O–H groups in total. The molecule has 0 unspecified atom stereocenters. The molecule has 10 nitrogen and oxygen atoms in total. The van der Waals surface area contributed by atoms with Crippen molar-refractivity contribution >= 4 is 16.3 Å². The highest BCUT2D eigenvalue weighted by Crippen LogP contribution is 2.61. The number of rotatable bonds is 7. The molecule has 2 aliphatic carbocycles. The molecule has 178 valence electrons. The normalized spacial score (nSPS) is 34.5. The van der Waals surface area contributed by atoms with Gasteiger partial charge in [0.25, 0.3) is 10.2 Å². The van der Waals surface area contributed by atoms with Gasteiger partial charge in [-0.05, 0) is 44.9 Å². The van der Waals surface area contributed by atoms with Crippen molar-refractivity contribution in [3.8, 4) is 0 Å². The zero-order chi connectivity index (χ0) is 23.3. The lowest BCUT2D eigenvalue weighted by molar-refractivity contribution is -0.00880. The zero-order valence-electron chi connectivity index (χ0n) is 18.4. The molecule has 2 saturated carbocycles. The van der Waals surface area contributed by atoms with Gasteiger partial charge in [-0.3, -0.25) is 4.90 Å². The zero-order valence-corrected chi connectivity index (χ0v) is 19.3. The Morgan fingerprint density at radius 3 is 2.66 bits per heavy atom. The number of carbonyl (C=O) groups is 1. The standard InChI is InChI=1S/C20H30FN5O5S/c1-12-6-16(24-32(29,30)25(2)3)17(26(12)19(27)28)11-31-15-4-5-20(8-13(20)7-15)18-22-9-14(21)10-23-18/h9-10,12-13,15-17,24H,4-8,11H2,1-3H3,(H,27,28)/t12-,13+,15-,16+,17+,20+/m1/s1. The maximum absolute atomic E-state index is 13.2. The monoisotopic (exact) mass is 471 g/mol. The third-order valence-electron chi connectivity index (χ3n) is 7.15. The number of halogens is 1. The molecule has 0 spiro atoms. The van der Waals surface area contributed by atoms with E-state index in [0.717, 1.165) is 30.0 Å². The van der Waals surface area contributed by atoms with Gasteiger partial charge in [-0.15, -0.1) is 0 Å². The highest BCUT2D eigenvalue weighted by molar-refractivity contribution is 7.87. The average Bonchev–Trinajstić information content (AvgIpc) is 3.37. The lowest BCUT2D eigenvalue weighted by Crippen LogP contribution is -2.52. The van der Waals surface area contributed by atoms with Crippen LogP contribution in [0.5, 0.6) is 0 Å². The summed E-state index contributed by atoms with van der Waals surface area (Å²) in [5.74, 6) is 0.586. The number of likely N-dealkylation sites (tertiary alicyclic amines) is 1. The molecule has 1 aromatic rings. The number of fused-ring (bicyclic) bond motifs is 1. The third kappa shape index (κ3) is 4.33. The molecule has 0 bridgehead atoms. The number of carboxylic acid groups (broad SMARTS) is 1. The summed E-state index contributed by atoms with van der Waals surface area (Å²) in [5.41, 5.74) is -0.105. The van der Waals surface area contributed by atoms with E-state index in [4.69, 9.17) is 4.74 Å². The molecule has 1 amide bonds. The fourth-order valence-electron chi connectivity index (χ4n) is 5.30. The number of nitrogens with one attached hydrogen (secondary N) is 1. The van der Waals surface area contributed by atoms with E-state index in [0.29, 0.717) is 18.2 Å². The maximum atomic E-state index is 13.2. The van der Waals surface area contributed by atoms with E-state index >= 15 is 0 Å². The van der Waals surface area contributed by atoms with Crippen molar-refractivity contribution in [3.05, 3.63) is 24.0 Å². The van der Waals surface area contributed by atoms with Crippen LogP contribution in [0.25, 0.3) is 0 Å². The van der Waals surface area contributed by atoms with Gasteiger partial charge in [-0.2, -0.15) is 17.4 Å². The second-order valence-electron chi connectivity index (χ2n) is 9.37. The molecule has 4 rings (SSSR count). The first-order valence-electron chi connectivity index (χ1n) is 10.8. The first-order chi connectivity index (χ1) is 15.0. The van der Waals surface area contributed by atoms with Gasteiger partial charge in [0.05, 0.1) is 31.1 Å².